The molecular formula is C14H31N3O2S. The van der Waals surface area contributed by atoms with Gasteiger partial charge in [0.15, 0.2) is 0 Å². The van der Waals surface area contributed by atoms with Gasteiger partial charge in [-0.1, -0.05) is 13.8 Å². The van der Waals surface area contributed by atoms with E-state index in [1.807, 2.05) is 0 Å². The van der Waals surface area contributed by atoms with E-state index in [2.05, 4.69) is 44.8 Å². The van der Waals surface area contributed by atoms with Gasteiger partial charge in [0.25, 0.3) is 0 Å². The molecule has 1 aliphatic heterocycles. The number of nitrogens with zero attached hydrogens (tertiary/aromatic N) is 2. The van der Waals surface area contributed by atoms with E-state index < -0.39 is 10.0 Å². The molecule has 0 radical (unpaired) electrons. The number of nitrogens with one attached hydrogen (secondary N) is 1. The van der Waals surface area contributed by atoms with Crippen molar-refractivity contribution >= 4 is 10.0 Å². The van der Waals surface area contributed by atoms with Crippen molar-refractivity contribution in [1.29, 1.82) is 0 Å². The maximum atomic E-state index is 11.5. The summed E-state index contributed by atoms with van der Waals surface area (Å²) in [5.74, 6) is 0. The van der Waals surface area contributed by atoms with Crippen LogP contribution in [-0.4, -0.2) is 68.7 Å². The number of hydrogen-bond donors (Lipinski definition) is 1. The average molecular weight is 305 g/mol. The lowest BCUT2D eigenvalue weighted by molar-refractivity contribution is 0.126. The zero-order chi connectivity index (χ0) is 15.6. The first-order valence-corrected chi connectivity index (χ1v) is 9.16. The van der Waals surface area contributed by atoms with E-state index in [0.717, 1.165) is 26.2 Å². The third kappa shape index (κ3) is 6.52. The summed E-state index contributed by atoms with van der Waals surface area (Å²) in [6.45, 7) is 15.9. The fourth-order valence-electron chi connectivity index (χ4n) is 2.38. The molecule has 1 saturated heterocycles. The minimum Gasteiger partial charge on any atom is -0.311 e. The van der Waals surface area contributed by atoms with Crippen molar-refractivity contribution in [1.82, 2.24) is 14.5 Å². The van der Waals surface area contributed by atoms with Crippen molar-refractivity contribution in [3.05, 3.63) is 0 Å². The van der Waals surface area contributed by atoms with Crippen molar-refractivity contribution in [2.75, 3.05) is 45.5 Å². The molecule has 0 aliphatic carbocycles. The Morgan fingerprint density at radius 2 is 1.50 bits per heavy atom. The van der Waals surface area contributed by atoms with Gasteiger partial charge in [0.1, 0.15) is 0 Å². The van der Waals surface area contributed by atoms with Crippen LogP contribution in [0, 0.1) is 5.41 Å². The van der Waals surface area contributed by atoms with Gasteiger partial charge in [0, 0.05) is 44.8 Å². The van der Waals surface area contributed by atoms with E-state index in [4.69, 9.17) is 0 Å². The summed E-state index contributed by atoms with van der Waals surface area (Å²) >= 11 is 0. The Labute approximate surface area is 124 Å². The van der Waals surface area contributed by atoms with Crippen molar-refractivity contribution < 1.29 is 8.42 Å². The first kappa shape index (κ1) is 17.9. The molecule has 1 aliphatic rings. The van der Waals surface area contributed by atoms with Gasteiger partial charge < -0.3 is 10.2 Å². The third-order valence-electron chi connectivity index (χ3n) is 3.55. The van der Waals surface area contributed by atoms with Crippen LogP contribution in [0.3, 0.4) is 0 Å². The van der Waals surface area contributed by atoms with Gasteiger partial charge in [0.05, 0.1) is 6.26 Å². The summed E-state index contributed by atoms with van der Waals surface area (Å²) < 4.78 is 24.6. The molecule has 1 heterocycles. The van der Waals surface area contributed by atoms with Crippen molar-refractivity contribution in [3.8, 4) is 0 Å². The van der Waals surface area contributed by atoms with Crippen LogP contribution in [0.1, 0.15) is 34.6 Å². The lowest BCUT2D eigenvalue weighted by atomic mass is 9.91. The Morgan fingerprint density at radius 3 is 1.90 bits per heavy atom. The summed E-state index contributed by atoms with van der Waals surface area (Å²) in [5.41, 5.74) is 0.312. The zero-order valence-electron chi connectivity index (χ0n) is 13.9. The monoisotopic (exact) mass is 305 g/mol. The highest BCUT2D eigenvalue weighted by molar-refractivity contribution is 7.88. The fourth-order valence-corrected chi connectivity index (χ4v) is 3.21. The van der Waals surface area contributed by atoms with Gasteiger partial charge in [-0.15, -0.1) is 0 Å². The smallest absolute Gasteiger partial charge is 0.211 e. The fraction of sp³-hybridized carbons (Fsp3) is 1.00. The van der Waals surface area contributed by atoms with Crippen LogP contribution < -0.4 is 5.32 Å². The van der Waals surface area contributed by atoms with Crippen molar-refractivity contribution in [3.63, 3.8) is 0 Å². The molecule has 0 aromatic carbocycles. The Bertz CT molecular complexity index is 405. The van der Waals surface area contributed by atoms with Crippen LogP contribution in [0.5, 0.6) is 0 Å². The predicted octanol–water partition coefficient (Wildman–Crippen LogP) is 0.978. The lowest BCUT2D eigenvalue weighted by Crippen LogP contribution is -2.52. The van der Waals surface area contributed by atoms with Gasteiger partial charge in [-0.05, 0) is 26.2 Å². The minimum atomic E-state index is -3.03. The van der Waals surface area contributed by atoms with E-state index in [1.54, 1.807) is 4.31 Å². The van der Waals surface area contributed by atoms with Crippen LogP contribution in [0.15, 0.2) is 0 Å². The average Bonchev–Trinajstić information content (AvgIpc) is 2.25. The van der Waals surface area contributed by atoms with Gasteiger partial charge in [-0.2, -0.15) is 4.31 Å². The number of sulfonamides is 1. The molecule has 0 unspecified atom stereocenters. The second-order valence-corrected chi connectivity index (χ2v) is 9.69. The van der Waals surface area contributed by atoms with Crippen molar-refractivity contribution in [2.45, 2.75) is 40.2 Å². The van der Waals surface area contributed by atoms with E-state index >= 15 is 0 Å². The zero-order valence-corrected chi connectivity index (χ0v) is 14.7. The maximum Gasteiger partial charge on any atom is 0.211 e. The molecule has 0 aromatic rings. The largest absolute Gasteiger partial charge is 0.311 e. The van der Waals surface area contributed by atoms with Gasteiger partial charge in [0.2, 0.25) is 10.0 Å². The Balaban J connectivity index is 2.43. The quantitative estimate of drug-likeness (QED) is 0.822. The van der Waals surface area contributed by atoms with Crippen LogP contribution in [0.2, 0.25) is 0 Å². The Hall–Kier alpha value is -0.170. The first-order valence-electron chi connectivity index (χ1n) is 7.32. The number of hydrogen-bond acceptors (Lipinski definition) is 4. The van der Waals surface area contributed by atoms with Crippen LogP contribution in [-0.2, 0) is 10.0 Å². The van der Waals surface area contributed by atoms with E-state index in [0.29, 0.717) is 13.1 Å². The summed E-state index contributed by atoms with van der Waals surface area (Å²) in [6, 6.07) is 0. The second kappa shape index (κ2) is 6.30. The van der Waals surface area contributed by atoms with Gasteiger partial charge >= 0.3 is 0 Å². The topological polar surface area (TPSA) is 52.6 Å². The Morgan fingerprint density at radius 1 is 1.00 bits per heavy atom. The number of rotatable bonds is 5. The van der Waals surface area contributed by atoms with E-state index in [-0.39, 0.29) is 11.0 Å². The van der Waals surface area contributed by atoms with Crippen LogP contribution in [0.4, 0.5) is 0 Å². The molecule has 0 spiro atoms. The lowest BCUT2D eigenvalue weighted by Gasteiger charge is -2.39. The highest BCUT2D eigenvalue weighted by Crippen LogP contribution is 2.19. The molecule has 6 heteroatoms. The highest BCUT2D eigenvalue weighted by Gasteiger charge is 2.28. The third-order valence-corrected chi connectivity index (χ3v) is 4.85. The molecule has 1 rings (SSSR count). The summed E-state index contributed by atoms with van der Waals surface area (Å²) in [6.07, 6.45) is 1.29. The molecule has 1 fully saturated rings. The standard InChI is InChI=1S/C14H31N3O2S/c1-13(2,3)15-11-14(4,5)12-16-7-9-17(10-8-16)20(6,18)19/h15H,7-12H2,1-6H3. The van der Waals surface area contributed by atoms with Gasteiger partial charge in [-0.25, -0.2) is 8.42 Å². The molecule has 5 nitrogen and oxygen atoms in total. The molecule has 0 atom stereocenters. The summed E-state index contributed by atoms with van der Waals surface area (Å²) in [4.78, 5) is 2.37. The predicted molar refractivity (Wildman–Crippen MR) is 84.4 cm³/mol. The molecular weight excluding hydrogens is 274 g/mol. The molecule has 1 N–H and O–H groups in total. The second-order valence-electron chi connectivity index (χ2n) is 7.71. The van der Waals surface area contributed by atoms with Crippen molar-refractivity contribution in [2.24, 2.45) is 5.41 Å². The maximum absolute atomic E-state index is 11.5. The molecule has 0 aromatic heterocycles. The summed E-state index contributed by atoms with van der Waals surface area (Å²) in [7, 11) is -3.03. The first-order chi connectivity index (χ1) is 8.89. The Kier molecular flexibility index (Phi) is 5.63. The molecule has 0 saturated carbocycles. The minimum absolute atomic E-state index is 0.131. The van der Waals surface area contributed by atoms with Crippen LogP contribution >= 0.6 is 0 Å². The SMILES string of the molecule is CC(C)(CNC(C)(C)C)CN1CCN(S(C)(=O)=O)CC1. The molecule has 0 amide bonds. The molecule has 20 heavy (non-hydrogen) atoms. The number of piperazine rings is 1. The van der Waals surface area contributed by atoms with E-state index in [1.165, 1.54) is 6.26 Å². The van der Waals surface area contributed by atoms with E-state index in [9.17, 15) is 8.42 Å². The highest BCUT2D eigenvalue weighted by atomic mass is 32.2. The molecule has 0 bridgehead atoms. The normalized spacial score (nSPS) is 20.3. The van der Waals surface area contributed by atoms with Gasteiger partial charge in [-0.3, -0.25) is 0 Å². The molecule has 120 valence electrons. The van der Waals surface area contributed by atoms with Crippen LogP contribution in [0.25, 0.3) is 0 Å². The summed E-state index contributed by atoms with van der Waals surface area (Å²) in [5, 5.41) is 3.55.